The lowest BCUT2D eigenvalue weighted by molar-refractivity contribution is 0.107. The van der Waals surface area contributed by atoms with Gasteiger partial charge in [-0.2, -0.15) is 0 Å². The second kappa shape index (κ2) is 6.49. The molecule has 0 aromatic heterocycles. The second-order valence-corrected chi connectivity index (χ2v) is 5.91. The summed E-state index contributed by atoms with van der Waals surface area (Å²) in [6.45, 7) is 0. The number of rotatable bonds is 2. The Hall–Kier alpha value is -1.92. The zero-order valence-electron chi connectivity index (χ0n) is 10.1. The van der Waals surface area contributed by atoms with Crippen molar-refractivity contribution in [3.05, 3.63) is 59.7 Å². The van der Waals surface area contributed by atoms with E-state index < -0.39 is 0 Å². The van der Waals surface area contributed by atoms with Gasteiger partial charge < -0.3 is 10.2 Å². The van der Waals surface area contributed by atoms with Crippen LogP contribution in [0.3, 0.4) is 0 Å². The van der Waals surface area contributed by atoms with Crippen molar-refractivity contribution in [2.75, 3.05) is 0 Å². The predicted molar refractivity (Wildman–Crippen MR) is 80.1 cm³/mol. The van der Waals surface area contributed by atoms with Gasteiger partial charge in [0.15, 0.2) is 0 Å². The first-order valence-electron chi connectivity index (χ1n) is 5.57. The van der Waals surface area contributed by atoms with E-state index in [4.69, 9.17) is 10.2 Å². The van der Waals surface area contributed by atoms with E-state index >= 15 is 0 Å². The molecular formula is C14H10O4S2. The maximum absolute atomic E-state index is 11.8. The Morgan fingerprint density at radius 3 is 1.25 bits per heavy atom. The molecule has 0 saturated heterocycles. The maximum Gasteiger partial charge on any atom is 0.230 e. The fourth-order valence-electron chi connectivity index (χ4n) is 1.37. The molecule has 0 aliphatic rings. The van der Waals surface area contributed by atoms with Crippen LogP contribution in [-0.2, 0) is 0 Å². The molecule has 0 atom stereocenters. The number of hydrogen-bond donors (Lipinski definition) is 2. The summed E-state index contributed by atoms with van der Waals surface area (Å²) in [4.78, 5) is 23.6. The lowest BCUT2D eigenvalue weighted by atomic mass is 10.2. The molecule has 20 heavy (non-hydrogen) atoms. The minimum Gasteiger partial charge on any atom is -0.508 e. The Bertz CT molecular complexity index is 563. The summed E-state index contributed by atoms with van der Waals surface area (Å²) >= 11 is 0. The Labute approximate surface area is 123 Å². The van der Waals surface area contributed by atoms with Gasteiger partial charge >= 0.3 is 0 Å². The molecule has 2 rings (SSSR count). The highest BCUT2D eigenvalue weighted by Gasteiger charge is 2.13. The van der Waals surface area contributed by atoms with Gasteiger partial charge in [0.1, 0.15) is 11.5 Å². The van der Waals surface area contributed by atoms with E-state index in [1.54, 1.807) is 0 Å². The van der Waals surface area contributed by atoms with Crippen LogP contribution in [0.2, 0.25) is 0 Å². The summed E-state index contributed by atoms with van der Waals surface area (Å²) in [7, 11) is 1.65. The van der Waals surface area contributed by atoms with Gasteiger partial charge in [-0.25, -0.2) is 0 Å². The van der Waals surface area contributed by atoms with E-state index in [0.717, 1.165) is 21.6 Å². The third-order valence-corrected chi connectivity index (χ3v) is 4.41. The van der Waals surface area contributed by atoms with E-state index in [9.17, 15) is 9.59 Å². The van der Waals surface area contributed by atoms with Crippen LogP contribution >= 0.6 is 21.6 Å². The number of benzene rings is 2. The van der Waals surface area contributed by atoms with E-state index in [1.165, 1.54) is 48.5 Å². The van der Waals surface area contributed by atoms with E-state index in [-0.39, 0.29) is 21.7 Å². The van der Waals surface area contributed by atoms with Gasteiger partial charge in [0.25, 0.3) is 0 Å². The summed E-state index contributed by atoms with van der Waals surface area (Å²) in [5.74, 6) is 0.166. The summed E-state index contributed by atoms with van der Waals surface area (Å²) in [5.41, 5.74) is 0.831. The van der Waals surface area contributed by atoms with Gasteiger partial charge in [0.05, 0.1) is 0 Å². The molecule has 0 bridgehead atoms. The smallest absolute Gasteiger partial charge is 0.230 e. The zero-order chi connectivity index (χ0) is 14.5. The largest absolute Gasteiger partial charge is 0.508 e. The number of carbonyl (C=O) groups excluding carboxylic acids is 2. The standard InChI is InChI=1S/C14H10O4S2/c15-11-5-1-9(2-6-11)13(17)19-20-14(18)10-3-7-12(16)8-4-10/h1-8,15-16H. The average molecular weight is 306 g/mol. The number of aromatic hydroxyl groups is 2. The SMILES string of the molecule is O=C(SSC(=O)c1ccc(O)cc1)c1ccc(O)cc1. The predicted octanol–water partition coefficient (Wildman–Crippen LogP) is 3.46. The van der Waals surface area contributed by atoms with Crippen LogP contribution < -0.4 is 0 Å². The van der Waals surface area contributed by atoms with Crippen LogP contribution in [0.4, 0.5) is 0 Å². The van der Waals surface area contributed by atoms with Gasteiger partial charge in [-0.05, 0) is 70.1 Å². The van der Waals surface area contributed by atoms with Gasteiger partial charge in [0, 0.05) is 11.1 Å². The summed E-state index contributed by atoms with van der Waals surface area (Å²) in [6.07, 6.45) is 0. The van der Waals surface area contributed by atoms with Gasteiger partial charge in [0.2, 0.25) is 10.2 Å². The molecule has 102 valence electrons. The molecule has 2 aromatic carbocycles. The van der Waals surface area contributed by atoms with Gasteiger partial charge in [-0.1, -0.05) is 0 Å². The highest BCUT2D eigenvalue weighted by Crippen LogP contribution is 2.30. The van der Waals surface area contributed by atoms with Crippen LogP contribution in [0.15, 0.2) is 48.5 Å². The Balaban J connectivity index is 1.94. The van der Waals surface area contributed by atoms with Crippen molar-refractivity contribution < 1.29 is 19.8 Å². The van der Waals surface area contributed by atoms with Crippen molar-refractivity contribution in [3.63, 3.8) is 0 Å². The number of hydrogen-bond acceptors (Lipinski definition) is 6. The molecular weight excluding hydrogens is 296 g/mol. The molecule has 0 aliphatic heterocycles. The monoisotopic (exact) mass is 306 g/mol. The molecule has 0 unspecified atom stereocenters. The topological polar surface area (TPSA) is 74.6 Å². The fourth-order valence-corrected chi connectivity index (χ4v) is 3.01. The molecule has 4 nitrogen and oxygen atoms in total. The van der Waals surface area contributed by atoms with Crippen molar-refractivity contribution in [2.45, 2.75) is 0 Å². The second-order valence-electron chi connectivity index (χ2n) is 3.84. The van der Waals surface area contributed by atoms with Crippen molar-refractivity contribution in [1.82, 2.24) is 0 Å². The lowest BCUT2D eigenvalue weighted by Gasteiger charge is -2.01. The third-order valence-electron chi connectivity index (χ3n) is 2.40. The van der Waals surface area contributed by atoms with Crippen LogP contribution in [-0.4, -0.2) is 20.4 Å². The Morgan fingerprint density at radius 1 is 0.650 bits per heavy atom. The molecule has 0 radical (unpaired) electrons. The highest BCUT2D eigenvalue weighted by atomic mass is 33.1. The van der Waals surface area contributed by atoms with Crippen molar-refractivity contribution in [3.8, 4) is 11.5 Å². The molecule has 0 saturated carbocycles. The third kappa shape index (κ3) is 3.79. The molecule has 0 heterocycles. The van der Waals surface area contributed by atoms with Gasteiger partial charge in [-0.15, -0.1) is 0 Å². The molecule has 0 spiro atoms. The Morgan fingerprint density at radius 2 is 0.950 bits per heavy atom. The fraction of sp³-hybridized carbons (Fsp3) is 0. The van der Waals surface area contributed by atoms with Crippen LogP contribution in [0.25, 0.3) is 0 Å². The minimum absolute atomic E-state index is 0.0828. The maximum atomic E-state index is 11.8. The molecule has 0 fully saturated rings. The number of phenols is 2. The quantitative estimate of drug-likeness (QED) is 0.828. The molecule has 6 heteroatoms. The van der Waals surface area contributed by atoms with E-state index in [1.807, 2.05) is 0 Å². The molecule has 2 aromatic rings. The van der Waals surface area contributed by atoms with Crippen LogP contribution in [0, 0.1) is 0 Å². The molecule has 0 amide bonds. The average Bonchev–Trinajstić information content (AvgIpc) is 2.46. The lowest BCUT2D eigenvalue weighted by Crippen LogP contribution is -1.94. The molecule has 2 N–H and O–H groups in total. The summed E-state index contributed by atoms with van der Waals surface area (Å²) < 4.78 is 0. The van der Waals surface area contributed by atoms with E-state index in [0.29, 0.717) is 11.1 Å². The van der Waals surface area contributed by atoms with Crippen LogP contribution in [0.1, 0.15) is 20.7 Å². The first kappa shape index (κ1) is 14.5. The zero-order valence-corrected chi connectivity index (χ0v) is 11.8. The Kier molecular flexibility index (Phi) is 4.70. The highest BCUT2D eigenvalue weighted by molar-refractivity contribution is 8.87. The number of carbonyl (C=O) groups is 2. The van der Waals surface area contributed by atoms with Crippen molar-refractivity contribution >= 4 is 31.8 Å². The summed E-state index contributed by atoms with van der Waals surface area (Å²) in [6, 6.07) is 11.7. The molecule has 0 aliphatic carbocycles. The number of phenolic OH excluding ortho intramolecular Hbond substituents is 2. The van der Waals surface area contributed by atoms with E-state index in [2.05, 4.69) is 0 Å². The summed E-state index contributed by atoms with van der Waals surface area (Å²) in [5, 5.41) is 17.7. The van der Waals surface area contributed by atoms with Crippen LogP contribution in [0.5, 0.6) is 11.5 Å². The minimum atomic E-state index is -0.262. The normalized spacial score (nSPS) is 10.2. The first-order valence-corrected chi connectivity index (χ1v) is 7.72. The van der Waals surface area contributed by atoms with Crippen molar-refractivity contribution in [1.29, 1.82) is 0 Å². The first-order chi connectivity index (χ1) is 9.56. The van der Waals surface area contributed by atoms with Gasteiger partial charge in [-0.3, -0.25) is 9.59 Å². The van der Waals surface area contributed by atoms with Crippen molar-refractivity contribution in [2.24, 2.45) is 0 Å².